The summed E-state index contributed by atoms with van der Waals surface area (Å²) in [5, 5.41) is 15.3. The average molecular weight is 471 g/mol. The van der Waals surface area contributed by atoms with E-state index in [0.717, 1.165) is 17.3 Å². The highest BCUT2D eigenvalue weighted by molar-refractivity contribution is 5.88. The molecule has 1 fully saturated rings. The van der Waals surface area contributed by atoms with Crippen LogP contribution >= 0.6 is 0 Å². The molecule has 5 heterocycles. The fourth-order valence-electron chi connectivity index (χ4n) is 4.64. The molecule has 11 heteroatoms. The molecule has 5 rings (SSSR count). The third-order valence-electron chi connectivity index (χ3n) is 6.61. The molecular weight excluding hydrogens is 447 g/mol. The van der Waals surface area contributed by atoms with Gasteiger partial charge in [0, 0.05) is 53.8 Å². The molecule has 34 heavy (non-hydrogen) atoms. The lowest BCUT2D eigenvalue weighted by atomic mass is 9.80. The molecule has 8 nitrogen and oxygen atoms in total. The highest BCUT2D eigenvalue weighted by Crippen LogP contribution is 2.47. The van der Waals surface area contributed by atoms with Crippen molar-refractivity contribution >= 4 is 11.2 Å². The van der Waals surface area contributed by atoms with Crippen molar-refractivity contribution in [1.82, 2.24) is 34.6 Å². The third-order valence-corrected chi connectivity index (χ3v) is 6.61. The van der Waals surface area contributed by atoms with Crippen LogP contribution < -0.4 is 0 Å². The van der Waals surface area contributed by atoms with Gasteiger partial charge in [-0.25, -0.2) is 19.6 Å². The van der Waals surface area contributed by atoms with Crippen LogP contribution in [0.2, 0.25) is 0 Å². The van der Waals surface area contributed by atoms with Crippen LogP contribution in [0.5, 0.6) is 0 Å². The highest BCUT2D eigenvalue weighted by Gasteiger charge is 2.60. The van der Waals surface area contributed by atoms with Crippen LogP contribution in [0, 0.1) is 5.92 Å². The second-order valence-electron chi connectivity index (χ2n) is 8.88. The van der Waals surface area contributed by atoms with Crippen LogP contribution in [0.15, 0.2) is 49.3 Å². The maximum Gasteiger partial charge on any atom is 0.421 e. The smallest absolute Gasteiger partial charge is 0.376 e. The average Bonchev–Trinajstić information content (AvgIpc) is 3.58. The van der Waals surface area contributed by atoms with E-state index in [1.165, 1.54) is 16.8 Å². The van der Waals surface area contributed by atoms with E-state index >= 15 is 0 Å². The molecule has 1 unspecified atom stereocenters. The Balaban J connectivity index is 1.45. The van der Waals surface area contributed by atoms with E-state index in [0.29, 0.717) is 23.5 Å². The zero-order valence-electron chi connectivity index (χ0n) is 18.7. The third kappa shape index (κ3) is 3.64. The Morgan fingerprint density at radius 3 is 2.62 bits per heavy atom. The van der Waals surface area contributed by atoms with Crippen molar-refractivity contribution in [3.63, 3.8) is 0 Å². The van der Waals surface area contributed by atoms with Crippen LogP contribution in [-0.2, 0) is 5.60 Å². The normalized spacial score (nSPS) is 19.2. The molecule has 0 amide bonds. The number of nitrogens with one attached hydrogen (secondary N) is 1. The minimum atomic E-state index is -4.83. The molecule has 0 saturated carbocycles. The van der Waals surface area contributed by atoms with Crippen molar-refractivity contribution in [2.24, 2.45) is 5.92 Å². The number of aromatic amines is 1. The summed E-state index contributed by atoms with van der Waals surface area (Å²) < 4.78 is 43.9. The summed E-state index contributed by atoms with van der Waals surface area (Å²) in [6.45, 7) is 4.56. The van der Waals surface area contributed by atoms with Crippen LogP contribution in [0.25, 0.3) is 28.1 Å². The predicted molar refractivity (Wildman–Crippen MR) is 119 cm³/mol. The van der Waals surface area contributed by atoms with Gasteiger partial charge in [0.25, 0.3) is 0 Å². The van der Waals surface area contributed by atoms with E-state index in [2.05, 4.69) is 25.0 Å². The van der Waals surface area contributed by atoms with E-state index in [-0.39, 0.29) is 24.6 Å². The van der Waals surface area contributed by atoms with Crippen molar-refractivity contribution in [2.45, 2.75) is 38.1 Å². The van der Waals surface area contributed by atoms with Crippen LogP contribution in [-0.4, -0.2) is 65.0 Å². The number of imidazole rings is 1. The van der Waals surface area contributed by atoms with Crippen molar-refractivity contribution < 1.29 is 18.3 Å². The van der Waals surface area contributed by atoms with Crippen LogP contribution in [0.3, 0.4) is 0 Å². The minimum absolute atomic E-state index is 0.111. The summed E-state index contributed by atoms with van der Waals surface area (Å²) >= 11 is 0. The molecule has 0 radical (unpaired) electrons. The zero-order valence-corrected chi connectivity index (χ0v) is 18.7. The molecule has 1 saturated heterocycles. The number of aliphatic hydroxyl groups is 1. The van der Waals surface area contributed by atoms with Crippen LogP contribution in [0.1, 0.15) is 25.8 Å². The van der Waals surface area contributed by atoms with E-state index in [9.17, 15) is 18.3 Å². The number of hydrogen-bond donors (Lipinski definition) is 2. The lowest BCUT2D eigenvalue weighted by molar-refractivity contribution is -0.285. The first-order valence-electron chi connectivity index (χ1n) is 11.0. The minimum Gasteiger partial charge on any atom is -0.376 e. The second kappa shape index (κ2) is 8.17. The highest BCUT2D eigenvalue weighted by atomic mass is 19.4. The molecule has 0 aromatic carbocycles. The molecule has 4 aromatic rings. The molecule has 2 N–H and O–H groups in total. The van der Waals surface area contributed by atoms with Gasteiger partial charge >= 0.3 is 6.18 Å². The van der Waals surface area contributed by atoms with Crippen molar-refractivity contribution in [3.8, 4) is 16.9 Å². The largest absolute Gasteiger partial charge is 0.421 e. The predicted octanol–water partition coefficient (Wildman–Crippen LogP) is 3.69. The van der Waals surface area contributed by atoms with Gasteiger partial charge in [0.2, 0.25) is 0 Å². The fraction of sp³-hybridized carbons (Fsp3) is 0.391. The maximum absolute atomic E-state index is 14.2. The lowest BCUT2D eigenvalue weighted by Gasteiger charge is -2.36. The van der Waals surface area contributed by atoms with Crippen molar-refractivity contribution in [2.75, 3.05) is 13.1 Å². The Hall–Kier alpha value is -3.31. The number of nitrogens with zero attached hydrogens (tertiary/aromatic N) is 6. The number of rotatable bonds is 5. The van der Waals surface area contributed by atoms with Crippen molar-refractivity contribution in [3.05, 3.63) is 54.9 Å². The Bertz CT molecular complexity index is 1300. The number of halogens is 3. The SMILES string of the molecule is CC(C)N1CCC([C@@](O)(c2ccc(-n3cc(-c4ccnc5[nH]cnc45)cn3)nc2)C(F)(F)F)C1. The Morgan fingerprint density at radius 2 is 1.94 bits per heavy atom. The summed E-state index contributed by atoms with van der Waals surface area (Å²) in [6.07, 6.45) is 3.08. The Kier molecular flexibility index (Phi) is 5.40. The van der Waals surface area contributed by atoms with Gasteiger partial charge in [-0.1, -0.05) is 6.07 Å². The van der Waals surface area contributed by atoms with Gasteiger partial charge in [-0.05, 0) is 38.9 Å². The maximum atomic E-state index is 14.2. The van der Waals surface area contributed by atoms with E-state index in [1.807, 2.05) is 24.8 Å². The quantitative estimate of drug-likeness (QED) is 0.461. The van der Waals surface area contributed by atoms with Gasteiger partial charge in [0.1, 0.15) is 5.52 Å². The monoisotopic (exact) mass is 471 g/mol. The van der Waals surface area contributed by atoms with Crippen LogP contribution in [0.4, 0.5) is 13.2 Å². The first-order valence-corrected chi connectivity index (χ1v) is 11.0. The number of hydrogen-bond acceptors (Lipinski definition) is 6. The number of alkyl halides is 3. The van der Waals surface area contributed by atoms with Crippen molar-refractivity contribution in [1.29, 1.82) is 0 Å². The van der Waals surface area contributed by atoms with Gasteiger partial charge in [0.15, 0.2) is 17.1 Å². The number of likely N-dealkylation sites (tertiary alicyclic amines) is 1. The van der Waals surface area contributed by atoms with Gasteiger partial charge < -0.3 is 15.0 Å². The molecular formula is C23H24F3N7O. The molecule has 2 atom stereocenters. The standard InChI is InChI=1S/C23H24F3N7O/c1-14(2)32-8-6-17(12-32)22(34,23(24,25)26)16-3-4-19(28-10-16)33-11-15(9-31-33)18-5-7-27-21-20(18)29-13-30-21/h3-5,7,9-11,13-14,17,34H,6,8,12H2,1-2H3,(H,27,29,30)/t17?,22-/m0/s1. The summed E-state index contributed by atoms with van der Waals surface area (Å²) in [7, 11) is 0. The van der Waals surface area contributed by atoms with Gasteiger partial charge in [-0.15, -0.1) is 0 Å². The number of fused-ring (bicyclic) bond motifs is 1. The van der Waals surface area contributed by atoms with Gasteiger partial charge in [-0.2, -0.15) is 18.3 Å². The number of pyridine rings is 2. The lowest BCUT2D eigenvalue weighted by Crippen LogP contribution is -2.49. The molecule has 0 bridgehead atoms. The van der Waals surface area contributed by atoms with E-state index in [1.54, 1.807) is 24.9 Å². The topological polar surface area (TPSA) is 95.8 Å². The molecule has 0 spiro atoms. The first-order chi connectivity index (χ1) is 16.2. The summed E-state index contributed by atoms with van der Waals surface area (Å²) in [4.78, 5) is 17.6. The zero-order chi connectivity index (χ0) is 24.1. The summed E-state index contributed by atoms with van der Waals surface area (Å²) in [5.41, 5.74) is -0.331. The van der Waals surface area contributed by atoms with E-state index in [4.69, 9.17) is 0 Å². The molecule has 1 aliphatic heterocycles. The summed E-state index contributed by atoms with van der Waals surface area (Å²) in [5.74, 6) is -0.635. The Labute approximate surface area is 193 Å². The Morgan fingerprint density at radius 1 is 1.12 bits per heavy atom. The number of H-pyrrole nitrogens is 1. The molecule has 0 aliphatic carbocycles. The second-order valence-corrected chi connectivity index (χ2v) is 8.88. The molecule has 178 valence electrons. The van der Waals surface area contributed by atoms with Gasteiger partial charge in [-0.3, -0.25) is 0 Å². The summed E-state index contributed by atoms with van der Waals surface area (Å²) in [6, 6.07) is 4.65. The van der Waals surface area contributed by atoms with E-state index < -0.39 is 17.7 Å². The van der Waals surface area contributed by atoms with Gasteiger partial charge in [0.05, 0.1) is 12.5 Å². The molecule has 4 aromatic heterocycles. The first kappa shape index (κ1) is 22.5. The fourth-order valence-corrected chi connectivity index (χ4v) is 4.64. The number of aromatic nitrogens is 6. The molecule has 1 aliphatic rings.